The van der Waals surface area contributed by atoms with Gasteiger partial charge >= 0.3 is 0 Å². The molecule has 2 heterocycles. The fourth-order valence-corrected chi connectivity index (χ4v) is 2.43. The van der Waals surface area contributed by atoms with Crippen LogP contribution in [0.3, 0.4) is 0 Å². The van der Waals surface area contributed by atoms with Crippen LogP contribution in [-0.2, 0) is 0 Å². The predicted molar refractivity (Wildman–Crippen MR) is 87.4 cm³/mol. The number of ether oxygens (including phenoxy) is 1. The third-order valence-electron chi connectivity index (χ3n) is 3.52. The Hall–Kier alpha value is -2.38. The van der Waals surface area contributed by atoms with E-state index in [2.05, 4.69) is 15.0 Å². The molecule has 0 bridgehead atoms. The Labute approximate surface area is 137 Å². The third kappa shape index (κ3) is 3.35. The second-order valence-electron chi connectivity index (χ2n) is 5.01. The number of benzene rings is 1. The summed E-state index contributed by atoms with van der Waals surface area (Å²) in [5.41, 5.74) is 6.91. The lowest BCUT2D eigenvalue weighted by molar-refractivity contribution is 0.196. The molecule has 7 nitrogen and oxygen atoms in total. The fourth-order valence-electron chi connectivity index (χ4n) is 2.30. The lowest BCUT2D eigenvalue weighted by atomic mass is 10.2. The topological polar surface area (TPSA) is 99.1 Å². The van der Waals surface area contributed by atoms with E-state index in [0.717, 1.165) is 5.75 Å². The Balaban J connectivity index is 1.69. The van der Waals surface area contributed by atoms with Crippen LogP contribution in [0.4, 0.5) is 5.82 Å². The van der Waals surface area contributed by atoms with Gasteiger partial charge in [0.2, 0.25) is 0 Å². The molecule has 0 fully saturated rings. The van der Waals surface area contributed by atoms with Crippen LogP contribution in [0.25, 0.3) is 11.2 Å². The number of nitrogen functional groups attached to an aromatic ring is 1. The van der Waals surface area contributed by atoms with Gasteiger partial charge in [0.15, 0.2) is 11.5 Å². The van der Waals surface area contributed by atoms with Crippen molar-refractivity contribution in [1.82, 2.24) is 19.5 Å². The number of imidazole rings is 1. The summed E-state index contributed by atoms with van der Waals surface area (Å²) in [5.74, 6) is 1.05. The molecule has 2 aromatic heterocycles. The smallest absolute Gasteiger partial charge is 0.165 e. The first-order chi connectivity index (χ1) is 11.2. The lowest BCUT2D eigenvalue weighted by Gasteiger charge is -2.16. The Bertz CT molecular complexity index is 790. The average molecular weight is 334 g/mol. The zero-order valence-corrected chi connectivity index (χ0v) is 13.0. The van der Waals surface area contributed by atoms with Crippen LogP contribution >= 0.6 is 11.6 Å². The summed E-state index contributed by atoms with van der Waals surface area (Å²) < 4.78 is 7.46. The summed E-state index contributed by atoms with van der Waals surface area (Å²) in [6.07, 6.45) is 3.59. The normalized spacial score (nSPS) is 12.4. The summed E-state index contributed by atoms with van der Waals surface area (Å²) >= 11 is 5.83. The predicted octanol–water partition coefficient (Wildman–Crippen LogP) is 2.06. The second-order valence-corrected chi connectivity index (χ2v) is 5.45. The van der Waals surface area contributed by atoms with E-state index < -0.39 is 0 Å². The Morgan fingerprint density at radius 3 is 2.74 bits per heavy atom. The van der Waals surface area contributed by atoms with Crippen LogP contribution in [0.15, 0.2) is 36.9 Å². The molecule has 0 saturated heterocycles. The number of nitrogens with two attached hydrogens (primary N) is 1. The SMILES string of the molecule is Nc1ncnc2c1ncn2[C@@H](CO)CCOc1ccc(Cl)cc1. The minimum Gasteiger partial charge on any atom is -0.494 e. The van der Waals surface area contributed by atoms with Crippen molar-refractivity contribution in [2.75, 3.05) is 18.9 Å². The van der Waals surface area contributed by atoms with Crippen LogP contribution in [0, 0.1) is 0 Å². The average Bonchev–Trinajstić information content (AvgIpc) is 2.99. The van der Waals surface area contributed by atoms with E-state index in [-0.39, 0.29) is 12.6 Å². The molecule has 0 unspecified atom stereocenters. The Morgan fingerprint density at radius 1 is 1.22 bits per heavy atom. The highest BCUT2D eigenvalue weighted by atomic mass is 35.5. The maximum atomic E-state index is 9.66. The fraction of sp³-hybridized carbons (Fsp3) is 0.267. The van der Waals surface area contributed by atoms with Crippen LogP contribution in [0.1, 0.15) is 12.5 Å². The molecule has 0 spiro atoms. The monoisotopic (exact) mass is 333 g/mol. The van der Waals surface area contributed by atoms with Crippen molar-refractivity contribution in [1.29, 1.82) is 0 Å². The van der Waals surface area contributed by atoms with Gasteiger partial charge in [0.05, 0.1) is 25.6 Å². The number of halogens is 1. The van der Waals surface area contributed by atoms with Crippen LogP contribution in [0.2, 0.25) is 5.02 Å². The zero-order valence-electron chi connectivity index (χ0n) is 12.3. The summed E-state index contributed by atoms with van der Waals surface area (Å²) in [7, 11) is 0. The number of aliphatic hydroxyl groups excluding tert-OH is 1. The minimum absolute atomic E-state index is 0.0562. The van der Waals surface area contributed by atoms with Crippen LogP contribution < -0.4 is 10.5 Å². The molecule has 3 N–H and O–H groups in total. The van der Waals surface area contributed by atoms with Crippen molar-refractivity contribution >= 4 is 28.6 Å². The number of aliphatic hydroxyl groups is 1. The van der Waals surface area contributed by atoms with Gasteiger partial charge in [-0.1, -0.05) is 11.6 Å². The molecule has 0 aliphatic carbocycles. The molecule has 0 aliphatic heterocycles. The van der Waals surface area contributed by atoms with Crippen molar-refractivity contribution in [3.63, 3.8) is 0 Å². The van der Waals surface area contributed by atoms with Gasteiger partial charge in [-0.15, -0.1) is 0 Å². The van der Waals surface area contributed by atoms with Crippen LogP contribution in [0.5, 0.6) is 5.75 Å². The highest BCUT2D eigenvalue weighted by Gasteiger charge is 2.16. The first-order valence-corrected chi connectivity index (χ1v) is 7.49. The Morgan fingerprint density at radius 2 is 2.00 bits per heavy atom. The largest absolute Gasteiger partial charge is 0.494 e. The molecule has 0 radical (unpaired) electrons. The first kappa shape index (κ1) is 15.5. The molecule has 120 valence electrons. The summed E-state index contributed by atoms with van der Waals surface area (Å²) in [5, 5.41) is 10.3. The van der Waals surface area contributed by atoms with E-state index in [0.29, 0.717) is 35.0 Å². The molecule has 23 heavy (non-hydrogen) atoms. The van der Waals surface area contributed by atoms with E-state index in [1.807, 2.05) is 0 Å². The molecular formula is C15H16ClN5O2. The van der Waals surface area contributed by atoms with Crippen molar-refractivity contribution in [3.05, 3.63) is 41.9 Å². The zero-order chi connectivity index (χ0) is 16.2. The van der Waals surface area contributed by atoms with Gasteiger partial charge in [0.25, 0.3) is 0 Å². The van der Waals surface area contributed by atoms with Gasteiger partial charge in [-0.3, -0.25) is 0 Å². The van der Waals surface area contributed by atoms with E-state index in [1.165, 1.54) is 6.33 Å². The number of fused-ring (bicyclic) bond motifs is 1. The van der Waals surface area contributed by atoms with Crippen molar-refractivity contribution in [2.24, 2.45) is 0 Å². The van der Waals surface area contributed by atoms with Gasteiger partial charge in [-0.25, -0.2) is 15.0 Å². The summed E-state index contributed by atoms with van der Waals surface area (Å²) in [6.45, 7) is 0.381. The second kappa shape index (κ2) is 6.80. The molecule has 0 amide bonds. The highest BCUT2D eigenvalue weighted by molar-refractivity contribution is 6.30. The highest BCUT2D eigenvalue weighted by Crippen LogP contribution is 2.21. The lowest BCUT2D eigenvalue weighted by Crippen LogP contribution is -2.16. The summed E-state index contributed by atoms with van der Waals surface area (Å²) in [4.78, 5) is 12.3. The van der Waals surface area contributed by atoms with Crippen molar-refractivity contribution in [2.45, 2.75) is 12.5 Å². The molecule has 3 rings (SSSR count). The first-order valence-electron chi connectivity index (χ1n) is 7.11. The standard InChI is InChI=1S/C15H16ClN5O2/c16-10-1-3-12(4-2-10)23-6-5-11(7-22)21-9-20-13-14(17)18-8-19-15(13)21/h1-4,8-9,11,22H,5-7H2,(H2,17,18,19)/t11-/m1/s1. The van der Waals surface area contributed by atoms with Crippen molar-refractivity contribution < 1.29 is 9.84 Å². The van der Waals surface area contributed by atoms with E-state index in [9.17, 15) is 5.11 Å². The number of aromatic nitrogens is 4. The van der Waals surface area contributed by atoms with Gasteiger partial charge in [-0.05, 0) is 24.3 Å². The van der Waals surface area contributed by atoms with Gasteiger partial charge < -0.3 is 20.1 Å². The number of hydrogen-bond donors (Lipinski definition) is 2. The van der Waals surface area contributed by atoms with Gasteiger partial charge in [0.1, 0.15) is 17.6 Å². The molecule has 3 aromatic rings. The van der Waals surface area contributed by atoms with E-state index in [4.69, 9.17) is 22.1 Å². The van der Waals surface area contributed by atoms with Gasteiger partial charge in [-0.2, -0.15) is 0 Å². The Kier molecular flexibility index (Phi) is 4.59. The number of anilines is 1. The van der Waals surface area contributed by atoms with E-state index >= 15 is 0 Å². The molecule has 8 heteroatoms. The molecule has 0 aliphatic rings. The van der Waals surface area contributed by atoms with Crippen LogP contribution in [-0.4, -0.2) is 37.8 Å². The van der Waals surface area contributed by atoms with Crippen molar-refractivity contribution in [3.8, 4) is 5.75 Å². The number of rotatable bonds is 6. The molecule has 0 saturated carbocycles. The molecular weight excluding hydrogens is 318 g/mol. The number of nitrogens with zero attached hydrogens (tertiary/aromatic N) is 4. The third-order valence-corrected chi connectivity index (χ3v) is 3.78. The van der Waals surface area contributed by atoms with Gasteiger partial charge in [0, 0.05) is 11.4 Å². The molecule has 1 aromatic carbocycles. The molecule has 1 atom stereocenters. The maximum absolute atomic E-state index is 9.66. The number of hydrogen-bond acceptors (Lipinski definition) is 6. The minimum atomic E-state index is -0.207. The van der Waals surface area contributed by atoms with E-state index in [1.54, 1.807) is 35.2 Å². The quantitative estimate of drug-likeness (QED) is 0.716. The summed E-state index contributed by atoms with van der Waals surface area (Å²) in [6, 6.07) is 6.93. The maximum Gasteiger partial charge on any atom is 0.165 e.